The summed E-state index contributed by atoms with van der Waals surface area (Å²) >= 11 is 19.1. The molecule has 2 aromatic carbocycles. The Balaban J connectivity index is 1.34. The number of fused-ring (bicyclic) bond motifs is 1. The number of anilines is 1. The maximum atomic E-state index is 13.2. The maximum Gasteiger partial charge on any atom is 0.284 e. The molecule has 9 nitrogen and oxygen atoms in total. The predicted octanol–water partition coefficient (Wildman–Crippen LogP) is 5.86. The zero-order valence-corrected chi connectivity index (χ0v) is 24.5. The first-order valence-electron chi connectivity index (χ1n) is 12.9. The molecule has 0 radical (unpaired) electrons. The van der Waals surface area contributed by atoms with E-state index in [9.17, 15) is 9.59 Å². The highest BCUT2D eigenvalue weighted by Gasteiger charge is 2.27. The highest BCUT2D eigenvalue weighted by atomic mass is 35.5. The third kappa shape index (κ3) is 6.60. The number of nitrogens with one attached hydrogen (secondary N) is 3. The van der Waals surface area contributed by atoms with Gasteiger partial charge in [-0.1, -0.05) is 66.8 Å². The summed E-state index contributed by atoms with van der Waals surface area (Å²) in [6.45, 7) is 4.57. The number of rotatable bonds is 9. The van der Waals surface area contributed by atoms with Crippen molar-refractivity contribution in [2.24, 2.45) is 0 Å². The fraction of sp³-hybridized carbons (Fsp3) is 0.207. The van der Waals surface area contributed by atoms with Gasteiger partial charge in [-0.3, -0.25) is 19.7 Å². The van der Waals surface area contributed by atoms with Gasteiger partial charge < -0.3 is 10.6 Å². The Morgan fingerprint density at radius 2 is 1.76 bits per heavy atom. The lowest BCUT2D eigenvalue weighted by Gasteiger charge is -2.12. The van der Waals surface area contributed by atoms with E-state index >= 15 is 0 Å². The summed E-state index contributed by atoms with van der Waals surface area (Å²) in [6.07, 6.45) is 2.01. The van der Waals surface area contributed by atoms with Crippen LogP contribution < -0.4 is 16.2 Å². The Morgan fingerprint density at radius 1 is 1.02 bits per heavy atom. The lowest BCUT2D eigenvalue weighted by molar-refractivity contribution is -0.115. The first kappa shape index (κ1) is 28.8. The molecule has 0 bridgehead atoms. The molecule has 0 aliphatic carbocycles. The maximum absolute atomic E-state index is 13.2. The fourth-order valence-electron chi connectivity index (χ4n) is 4.41. The lowest BCUT2D eigenvalue weighted by atomic mass is 10.1. The van der Waals surface area contributed by atoms with Crippen LogP contribution >= 0.6 is 34.8 Å². The number of halogens is 3. The molecule has 0 fully saturated rings. The smallest absolute Gasteiger partial charge is 0.284 e. The van der Waals surface area contributed by atoms with E-state index in [0.717, 1.165) is 11.3 Å². The number of amides is 1. The Kier molecular flexibility index (Phi) is 8.70. The standard InChI is InChI=1S/C29H26Cl3N7O2/c1-16(2)26-25-28(39(38-26)27-21(31)12-18(30)13-22(27)32)36-23(37-29(25)41)11-17-6-8-19(9-7-17)35-24(40)15-33-14-20-5-3-4-10-34-20/h3-10,12-13,16,33,38H,11,14-15H2,1-2H3,(H,35,40). The van der Waals surface area contributed by atoms with Crippen molar-refractivity contribution in [3.63, 3.8) is 0 Å². The summed E-state index contributed by atoms with van der Waals surface area (Å²) in [4.78, 5) is 38.8. The van der Waals surface area contributed by atoms with Crippen LogP contribution in [0.4, 0.5) is 5.69 Å². The van der Waals surface area contributed by atoms with E-state index in [1.165, 1.54) is 0 Å². The molecule has 3 N–H and O–H groups in total. The number of hydrogen-bond donors (Lipinski definition) is 3. The highest BCUT2D eigenvalue weighted by Crippen LogP contribution is 2.36. The molecule has 1 amide bonds. The van der Waals surface area contributed by atoms with Crippen LogP contribution in [0.15, 0.2) is 65.6 Å². The third-order valence-corrected chi connectivity index (χ3v) is 7.11. The van der Waals surface area contributed by atoms with Gasteiger partial charge in [0.1, 0.15) is 17.1 Å². The molecule has 5 rings (SSSR count). The number of H-pyrrole nitrogens is 1. The van der Waals surface area contributed by atoms with Gasteiger partial charge in [-0.25, -0.2) is 9.67 Å². The van der Waals surface area contributed by atoms with Crippen LogP contribution in [0.25, 0.3) is 17.1 Å². The Morgan fingerprint density at radius 3 is 2.41 bits per heavy atom. The van der Waals surface area contributed by atoms with Gasteiger partial charge >= 0.3 is 0 Å². The van der Waals surface area contributed by atoms with Crippen molar-refractivity contribution in [2.45, 2.75) is 32.7 Å². The quantitative estimate of drug-likeness (QED) is 0.193. The molecule has 0 saturated heterocycles. The molecule has 2 aliphatic rings. The largest absolute Gasteiger partial charge is 0.325 e. The molecule has 41 heavy (non-hydrogen) atoms. The molecule has 3 heterocycles. The molecule has 210 valence electrons. The number of nitrogens with zero attached hydrogens (tertiary/aromatic N) is 4. The molecule has 1 aromatic heterocycles. The average molecular weight is 611 g/mol. The highest BCUT2D eigenvalue weighted by molar-refractivity contribution is 6.40. The number of carbonyl (C=O) groups excluding carboxylic acids is 1. The number of hydrogen-bond acceptors (Lipinski definition) is 6. The summed E-state index contributed by atoms with van der Waals surface area (Å²) < 4.78 is 1.61. The number of pyridine rings is 1. The Bertz CT molecular complexity index is 1690. The molecular formula is C29H26Cl3N7O2. The van der Waals surface area contributed by atoms with E-state index in [-0.39, 0.29) is 18.4 Å². The molecular weight excluding hydrogens is 585 g/mol. The number of aromatic amines is 1. The van der Waals surface area contributed by atoms with Crippen molar-refractivity contribution in [2.75, 3.05) is 11.9 Å². The van der Waals surface area contributed by atoms with Gasteiger partial charge in [0.15, 0.2) is 5.82 Å². The van der Waals surface area contributed by atoms with Crippen molar-refractivity contribution in [3.05, 3.63) is 109 Å². The number of aromatic nitrogens is 5. The molecule has 0 saturated carbocycles. The summed E-state index contributed by atoms with van der Waals surface area (Å²) in [5.41, 5.74) is 3.46. The minimum absolute atomic E-state index is 0.0151. The van der Waals surface area contributed by atoms with Gasteiger partial charge in [-0.05, 0) is 47.9 Å². The van der Waals surface area contributed by atoms with Crippen LogP contribution in [-0.2, 0) is 17.8 Å². The summed E-state index contributed by atoms with van der Waals surface area (Å²) in [5, 5.41) is 10.2. The second-order valence-electron chi connectivity index (χ2n) is 9.72. The van der Waals surface area contributed by atoms with Gasteiger partial charge in [0.2, 0.25) is 5.91 Å². The van der Waals surface area contributed by atoms with Crippen LogP contribution in [0.3, 0.4) is 0 Å². The summed E-state index contributed by atoms with van der Waals surface area (Å²) in [5.74, 6) is 0.522. The number of carbonyl (C=O) groups is 1. The van der Waals surface area contributed by atoms with E-state index < -0.39 is 5.56 Å². The molecule has 0 unspecified atom stereocenters. The van der Waals surface area contributed by atoms with Crippen LogP contribution in [0, 0.1) is 0 Å². The van der Waals surface area contributed by atoms with Crippen molar-refractivity contribution in [1.29, 1.82) is 0 Å². The van der Waals surface area contributed by atoms with E-state index in [1.807, 2.05) is 44.2 Å². The molecule has 12 heteroatoms. The predicted molar refractivity (Wildman–Crippen MR) is 162 cm³/mol. The SMILES string of the molecule is CC(C)c1[nH]n(-c2c(Cl)cc(Cl)cc2Cl)c2nc(Cc3ccc(NC(=O)CNCc4ccccn4)cc3)nc(=O)c1-2. The Labute approximate surface area is 251 Å². The molecule has 3 aromatic rings. The lowest BCUT2D eigenvalue weighted by Crippen LogP contribution is -2.27. The topological polar surface area (TPSA) is 118 Å². The van der Waals surface area contributed by atoms with Crippen LogP contribution in [0.1, 0.15) is 42.5 Å². The average Bonchev–Trinajstić information content (AvgIpc) is 3.30. The molecule has 0 atom stereocenters. The number of benzene rings is 2. The minimum atomic E-state index is -0.396. The molecule has 0 spiro atoms. The zero-order valence-electron chi connectivity index (χ0n) is 22.2. The van der Waals surface area contributed by atoms with Gasteiger partial charge in [0.05, 0.1) is 28.0 Å². The summed E-state index contributed by atoms with van der Waals surface area (Å²) in [6, 6.07) is 16.1. The van der Waals surface area contributed by atoms with E-state index in [1.54, 1.807) is 35.1 Å². The van der Waals surface area contributed by atoms with Crippen molar-refractivity contribution in [3.8, 4) is 17.1 Å². The van der Waals surface area contributed by atoms with E-state index in [4.69, 9.17) is 39.8 Å². The normalized spacial score (nSPS) is 11.4. The monoisotopic (exact) mass is 609 g/mol. The van der Waals surface area contributed by atoms with Crippen molar-refractivity contribution < 1.29 is 4.79 Å². The van der Waals surface area contributed by atoms with E-state index in [2.05, 4.69) is 25.7 Å². The van der Waals surface area contributed by atoms with Gasteiger partial charge in [0, 0.05) is 29.9 Å². The second-order valence-corrected chi connectivity index (χ2v) is 11.0. The van der Waals surface area contributed by atoms with Crippen molar-refractivity contribution >= 4 is 46.4 Å². The third-order valence-electron chi connectivity index (χ3n) is 6.32. The molecule has 2 aliphatic heterocycles. The zero-order chi connectivity index (χ0) is 29.1. The van der Waals surface area contributed by atoms with Gasteiger partial charge in [-0.15, -0.1) is 0 Å². The van der Waals surface area contributed by atoms with E-state index in [0.29, 0.717) is 62.3 Å². The minimum Gasteiger partial charge on any atom is -0.325 e. The Hall–Kier alpha value is -3.76. The van der Waals surface area contributed by atoms with Gasteiger partial charge in [0.25, 0.3) is 5.56 Å². The second kappa shape index (κ2) is 12.4. The van der Waals surface area contributed by atoms with Crippen LogP contribution in [0.5, 0.6) is 0 Å². The van der Waals surface area contributed by atoms with Crippen LogP contribution in [-0.4, -0.2) is 37.2 Å². The fourth-order valence-corrected chi connectivity index (χ4v) is 5.39. The van der Waals surface area contributed by atoms with Gasteiger partial charge in [-0.2, -0.15) is 4.98 Å². The first-order chi connectivity index (χ1) is 19.7. The summed E-state index contributed by atoms with van der Waals surface area (Å²) in [7, 11) is 0. The van der Waals surface area contributed by atoms with Crippen LogP contribution in [0.2, 0.25) is 15.1 Å². The first-order valence-corrected chi connectivity index (χ1v) is 14.0. The van der Waals surface area contributed by atoms with Crippen molar-refractivity contribution in [1.82, 2.24) is 30.0 Å².